The van der Waals surface area contributed by atoms with Crippen LogP contribution in [0, 0.1) is 11.3 Å². The summed E-state index contributed by atoms with van der Waals surface area (Å²) in [6, 6.07) is 14.4. The van der Waals surface area contributed by atoms with Gasteiger partial charge in [0.1, 0.15) is 6.07 Å². The lowest BCUT2D eigenvalue weighted by atomic mass is 10.1. The third-order valence-electron chi connectivity index (χ3n) is 3.14. The molecule has 0 aliphatic carbocycles. The number of para-hydroxylation sites is 1. The lowest BCUT2D eigenvalue weighted by Crippen LogP contribution is -1.81. The molecule has 0 fully saturated rings. The predicted molar refractivity (Wildman–Crippen MR) is 83.4 cm³/mol. The number of aliphatic imine (C=N–C) groups is 1. The van der Waals surface area contributed by atoms with Crippen LogP contribution in [0.3, 0.4) is 0 Å². The van der Waals surface area contributed by atoms with Gasteiger partial charge in [0, 0.05) is 22.1 Å². The number of benzene rings is 2. The first-order valence-electron chi connectivity index (χ1n) is 6.22. The van der Waals surface area contributed by atoms with E-state index in [0.717, 1.165) is 10.9 Å². The van der Waals surface area contributed by atoms with Gasteiger partial charge in [0.05, 0.1) is 16.8 Å². The Morgan fingerprint density at radius 2 is 2.05 bits per heavy atom. The molecule has 0 spiro atoms. The number of hydrogen-bond donors (Lipinski definition) is 2. The molecule has 3 aromatic rings. The van der Waals surface area contributed by atoms with Crippen LogP contribution in [0.25, 0.3) is 10.9 Å². The van der Waals surface area contributed by atoms with Crippen molar-refractivity contribution in [3.05, 3.63) is 58.6 Å². The fraction of sp³-hybridized carbons (Fsp3) is 0. The number of nitrogens with zero attached hydrogens (tertiary/aromatic N) is 2. The molecule has 0 unspecified atom stereocenters. The van der Waals surface area contributed by atoms with Crippen molar-refractivity contribution in [1.29, 1.82) is 5.26 Å². The Labute approximate surface area is 125 Å². The van der Waals surface area contributed by atoms with Crippen molar-refractivity contribution in [2.24, 2.45) is 4.99 Å². The molecule has 1 heterocycles. The van der Waals surface area contributed by atoms with Gasteiger partial charge >= 0.3 is 0 Å². The van der Waals surface area contributed by atoms with E-state index < -0.39 is 0 Å². The van der Waals surface area contributed by atoms with E-state index in [2.05, 4.69) is 16.0 Å². The first kappa shape index (κ1) is 13.2. The van der Waals surface area contributed by atoms with Crippen LogP contribution >= 0.6 is 11.6 Å². The van der Waals surface area contributed by atoms with E-state index in [1.807, 2.05) is 0 Å². The Morgan fingerprint density at radius 3 is 2.86 bits per heavy atom. The van der Waals surface area contributed by atoms with Crippen LogP contribution in [0.1, 0.15) is 11.1 Å². The molecule has 0 aliphatic heterocycles. The Morgan fingerprint density at radius 1 is 1.24 bits per heavy atom. The molecule has 4 nitrogen and oxygen atoms in total. The quantitative estimate of drug-likeness (QED) is 0.697. The van der Waals surface area contributed by atoms with Gasteiger partial charge in [-0.15, -0.1) is 0 Å². The van der Waals surface area contributed by atoms with E-state index in [4.69, 9.17) is 16.9 Å². The van der Waals surface area contributed by atoms with Crippen molar-refractivity contribution in [1.82, 2.24) is 4.98 Å². The minimum atomic E-state index is 0.0189. The second kappa shape index (κ2) is 5.31. The maximum Gasteiger partial charge on any atom is 0.198 e. The number of fused-ring (bicyclic) bond motifs is 1. The summed E-state index contributed by atoms with van der Waals surface area (Å²) in [6.45, 7) is 0. The number of aromatic hydroxyl groups is 1. The Balaban J connectivity index is 2.09. The Bertz CT molecular complexity index is 890. The SMILES string of the molecule is N#Cc1ccccc1N=Cc1c(O)[nH]c2ccc(Cl)cc12. The van der Waals surface area contributed by atoms with Crippen molar-refractivity contribution in [3.8, 4) is 11.9 Å². The third-order valence-corrected chi connectivity index (χ3v) is 3.37. The first-order chi connectivity index (χ1) is 10.2. The highest BCUT2D eigenvalue weighted by Crippen LogP contribution is 2.29. The minimum Gasteiger partial charge on any atom is -0.494 e. The van der Waals surface area contributed by atoms with Gasteiger partial charge in [0.2, 0.25) is 0 Å². The van der Waals surface area contributed by atoms with E-state index in [1.54, 1.807) is 42.5 Å². The van der Waals surface area contributed by atoms with Crippen molar-refractivity contribution >= 4 is 34.4 Å². The average Bonchev–Trinajstić information content (AvgIpc) is 2.80. The average molecular weight is 296 g/mol. The topological polar surface area (TPSA) is 72.2 Å². The molecule has 5 heteroatoms. The predicted octanol–water partition coefficient (Wildman–Crippen LogP) is 4.15. The molecule has 0 aliphatic rings. The molecule has 0 saturated carbocycles. The molecule has 0 amide bonds. The van der Waals surface area contributed by atoms with E-state index in [0.29, 0.717) is 21.8 Å². The van der Waals surface area contributed by atoms with E-state index in [9.17, 15) is 5.11 Å². The molecule has 102 valence electrons. The summed E-state index contributed by atoms with van der Waals surface area (Å²) in [5.74, 6) is 0.0189. The van der Waals surface area contributed by atoms with Crippen molar-refractivity contribution in [2.45, 2.75) is 0 Å². The standard InChI is InChI=1S/C16H10ClN3O/c17-11-5-6-15-12(7-11)13(16(21)20-15)9-19-14-4-2-1-3-10(14)8-18/h1-7,9,20-21H. The van der Waals surface area contributed by atoms with Gasteiger partial charge in [-0.3, -0.25) is 4.99 Å². The number of aromatic nitrogens is 1. The highest BCUT2D eigenvalue weighted by Gasteiger charge is 2.09. The molecule has 1 aromatic heterocycles. The fourth-order valence-corrected chi connectivity index (χ4v) is 2.29. The lowest BCUT2D eigenvalue weighted by Gasteiger charge is -1.97. The molecule has 0 atom stereocenters. The number of aromatic amines is 1. The highest BCUT2D eigenvalue weighted by molar-refractivity contribution is 6.31. The van der Waals surface area contributed by atoms with Crippen LogP contribution in [0.15, 0.2) is 47.5 Å². The Kier molecular flexibility index (Phi) is 3.35. The first-order valence-corrected chi connectivity index (χ1v) is 6.60. The molecular weight excluding hydrogens is 286 g/mol. The van der Waals surface area contributed by atoms with Gasteiger partial charge in [-0.05, 0) is 30.3 Å². The summed E-state index contributed by atoms with van der Waals surface area (Å²) in [4.78, 5) is 7.15. The molecular formula is C16H10ClN3O. The largest absolute Gasteiger partial charge is 0.494 e. The summed E-state index contributed by atoms with van der Waals surface area (Å²) in [7, 11) is 0. The van der Waals surface area contributed by atoms with Crippen LogP contribution < -0.4 is 0 Å². The number of hydrogen-bond acceptors (Lipinski definition) is 3. The lowest BCUT2D eigenvalue weighted by molar-refractivity contribution is 0.457. The molecule has 2 aromatic carbocycles. The van der Waals surface area contributed by atoms with Crippen LogP contribution in [0.2, 0.25) is 5.02 Å². The van der Waals surface area contributed by atoms with Gasteiger partial charge < -0.3 is 10.1 Å². The van der Waals surface area contributed by atoms with Gasteiger partial charge in [0.15, 0.2) is 5.88 Å². The minimum absolute atomic E-state index is 0.0189. The van der Waals surface area contributed by atoms with Gasteiger partial charge in [-0.25, -0.2) is 0 Å². The number of halogens is 1. The summed E-state index contributed by atoms with van der Waals surface area (Å²) >= 11 is 5.98. The molecule has 3 rings (SSSR count). The highest BCUT2D eigenvalue weighted by atomic mass is 35.5. The molecule has 0 saturated heterocycles. The van der Waals surface area contributed by atoms with Crippen LogP contribution in [0.4, 0.5) is 5.69 Å². The van der Waals surface area contributed by atoms with Crippen LogP contribution in [0.5, 0.6) is 5.88 Å². The number of rotatable bonds is 2. The maximum absolute atomic E-state index is 9.97. The van der Waals surface area contributed by atoms with Gasteiger partial charge in [-0.2, -0.15) is 5.26 Å². The van der Waals surface area contributed by atoms with E-state index >= 15 is 0 Å². The molecule has 0 radical (unpaired) electrons. The maximum atomic E-state index is 9.97. The normalized spacial score (nSPS) is 11.0. The summed E-state index contributed by atoms with van der Waals surface area (Å²) in [5.41, 5.74) is 2.34. The zero-order valence-electron chi connectivity index (χ0n) is 10.8. The van der Waals surface area contributed by atoms with Crippen molar-refractivity contribution in [3.63, 3.8) is 0 Å². The zero-order chi connectivity index (χ0) is 14.8. The Hall–Kier alpha value is -2.77. The smallest absolute Gasteiger partial charge is 0.198 e. The van der Waals surface area contributed by atoms with Gasteiger partial charge in [0.25, 0.3) is 0 Å². The zero-order valence-corrected chi connectivity index (χ0v) is 11.6. The van der Waals surface area contributed by atoms with Gasteiger partial charge in [-0.1, -0.05) is 23.7 Å². The van der Waals surface area contributed by atoms with E-state index in [-0.39, 0.29) is 5.88 Å². The number of nitriles is 1. The van der Waals surface area contributed by atoms with E-state index in [1.165, 1.54) is 6.21 Å². The van der Waals surface area contributed by atoms with Crippen LogP contribution in [-0.2, 0) is 0 Å². The number of H-pyrrole nitrogens is 1. The second-order valence-electron chi connectivity index (χ2n) is 4.46. The van der Waals surface area contributed by atoms with Crippen LogP contribution in [-0.4, -0.2) is 16.3 Å². The summed E-state index contributed by atoms with van der Waals surface area (Å²) in [5, 5.41) is 20.4. The third kappa shape index (κ3) is 2.47. The second-order valence-corrected chi connectivity index (χ2v) is 4.90. The molecule has 21 heavy (non-hydrogen) atoms. The monoisotopic (exact) mass is 295 g/mol. The summed E-state index contributed by atoms with van der Waals surface area (Å²) < 4.78 is 0. The van der Waals surface area contributed by atoms with Crippen molar-refractivity contribution in [2.75, 3.05) is 0 Å². The summed E-state index contributed by atoms with van der Waals surface area (Å²) in [6.07, 6.45) is 1.53. The molecule has 2 N–H and O–H groups in total. The fourth-order valence-electron chi connectivity index (χ4n) is 2.12. The molecule has 0 bridgehead atoms. The number of nitrogens with one attached hydrogen (secondary N) is 1. The van der Waals surface area contributed by atoms with Crippen molar-refractivity contribution < 1.29 is 5.11 Å².